The van der Waals surface area contributed by atoms with Gasteiger partial charge >= 0.3 is 0 Å². The molecule has 7 heteroatoms. The number of hydrogen-bond acceptors (Lipinski definition) is 5. The number of anilines is 1. The average molecular weight is 308 g/mol. The third-order valence-corrected chi connectivity index (χ3v) is 3.26. The zero-order valence-corrected chi connectivity index (χ0v) is 11.8. The Kier molecular flexibility index (Phi) is 5.08. The van der Waals surface area contributed by atoms with Crippen LogP contribution in [0.1, 0.15) is 18.0 Å². The number of rotatable bonds is 6. The summed E-state index contributed by atoms with van der Waals surface area (Å²) < 4.78 is 0. The lowest BCUT2D eigenvalue weighted by molar-refractivity contribution is -0.385. The van der Waals surface area contributed by atoms with E-state index in [-0.39, 0.29) is 23.4 Å². The number of aliphatic hydroxyl groups excluding tert-OH is 1. The Bertz CT molecular complexity index is 622. The summed E-state index contributed by atoms with van der Waals surface area (Å²) in [4.78, 5) is 14.1. The van der Waals surface area contributed by atoms with Gasteiger partial charge in [-0.1, -0.05) is 41.9 Å². The lowest BCUT2D eigenvalue weighted by Gasteiger charge is -2.19. The summed E-state index contributed by atoms with van der Waals surface area (Å²) in [5.74, 6) is 0.351. The second kappa shape index (κ2) is 7.01. The fourth-order valence-electron chi connectivity index (χ4n) is 1.94. The maximum absolute atomic E-state index is 10.7. The van der Waals surface area contributed by atoms with Crippen LogP contribution in [0.3, 0.4) is 0 Å². The van der Waals surface area contributed by atoms with Gasteiger partial charge in [0, 0.05) is 12.7 Å². The Balaban J connectivity index is 2.23. The van der Waals surface area contributed by atoms with E-state index in [1.807, 2.05) is 30.3 Å². The van der Waals surface area contributed by atoms with Gasteiger partial charge in [0.2, 0.25) is 0 Å². The predicted molar refractivity (Wildman–Crippen MR) is 80.4 cm³/mol. The minimum atomic E-state index is -0.551. The van der Waals surface area contributed by atoms with Crippen molar-refractivity contribution in [3.63, 3.8) is 0 Å². The molecule has 0 unspecified atom stereocenters. The average Bonchev–Trinajstić information content (AvgIpc) is 2.49. The Hall–Kier alpha value is -2.18. The minimum Gasteiger partial charge on any atom is -0.396 e. The van der Waals surface area contributed by atoms with Crippen molar-refractivity contribution in [2.45, 2.75) is 12.5 Å². The first-order chi connectivity index (χ1) is 10.1. The van der Waals surface area contributed by atoms with Gasteiger partial charge in [-0.25, -0.2) is 4.98 Å². The standard InChI is InChI=1S/C14H14ClN3O3/c15-12-8-11(18(20)21)9-16-14(12)17-13(6-7-19)10-4-2-1-3-5-10/h1-5,8-9,13,19H,6-7H2,(H,16,17)/t13-/m1/s1. The first-order valence-electron chi connectivity index (χ1n) is 6.34. The van der Waals surface area contributed by atoms with Crippen LogP contribution in [0, 0.1) is 10.1 Å². The van der Waals surface area contributed by atoms with Crippen molar-refractivity contribution in [2.24, 2.45) is 0 Å². The number of aromatic nitrogens is 1. The van der Waals surface area contributed by atoms with E-state index in [9.17, 15) is 15.2 Å². The first kappa shape index (κ1) is 15.2. The molecule has 0 spiro atoms. The third-order valence-electron chi connectivity index (χ3n) is 2.97. The molecule has 0 saturated heterocycles. The van der Waals surface area contributed by atoms with E-state index in [0.29, 0.717) is 12.2 Å². The number of nitrogens with zero attached hydrogens (tertiary/aromatic N) is 2. The van der Waals surface area contributed by atoms with Gasteiger partial charge in [-0.15, -0.1) is 0 Å². The van der Waals surface area contributed by atoms with Crippen LogP contribution in [0.4, 0.5) is 11.5 Å². The number of pyridine rings is 1. The smallest absolute Gasteiger partial charge is 0.289 e. The van der Waals surface area contributed by atoms with E-state index in [2.05, 4.69) is 10.3 Å². The molecule has 1 atom stereocenters. The largest absolute Gasteiger partial charge is 0.396 e. The highest BCUT2D eigenvalue weighted by atomic mass is 35.5. The molecule has 21 heavy (non-hydrogen) atoms. The molecule has 0 bridgehead atoms. The SMILES string of the molecule is O=[N+]([O-])c1cnc(N[C@H](CCO)c2ccccc2)c(Cl)c1. The molecule has 0 aliphatic rings. The summed E-state index contributed by atoms with van der Waals surface area (Å²) in [7, 11) is 0. The molecule has 0 amide bonds. The van der Waals surface area contributed by atoms with E-state index >= 15 is 0 Å². The molecule has 6 nitrogen and oxygen atoms in total. The summed E-state index contributed by atoms with van der Waals surface area (Å²) in [6.07, 6.45) is 1.62. The van der Waals surface area contributed by atoms with Crippen molar-refractivity contribution in [1.82, 2.24) is 4.98 Å². The van der Waals surface area contributed by atoms with Gasteiger partial charge in [0.1, 0.15) is 12.0 Å². The van der Waals surface area contributed by atoms with Gasteiger partial charge in [-0.3, -0.25) is 10.1 Å². The van der Waals surface area contributed by atoms with Crippen LogP contribution in [0.15, 0.2) is 42.6 Å². The predicted octanol–water partition coefficient (Wildman–Crippen LogP) is 3.18. The summed E-state index contributed by atoms with van der Waals surface area (Å²) in [5.41, 5.74) is 0.812. The lowest BCUT2D eigenvalue weighted by Crippen LogP contribution is -2.13. The van der Waals surface area contributed by atoms with Crippen LogP contribution in [0.25, 0.3) is 0 Å². The number of nitro groups is 1. The van der Waals surface area contributed by atoms with Gasteiger partial charge in [0.25, 0.3) is 5.69 Å². The van der Waals surface area contributed by atoms with Crippen molar-refractivity contribution in [3.8, 4) is 0 Å². The number of nitrogens with one attached hydrogen (secondary N) is 1. The van der Waals surface area contributed by atoms with Crippen LogP contribution in [0.2, 0.25) is 5.02 Å². The van der Waals surface area contributed by atoms with E-state index in [0.717, 1.165) is 11.8 Å². The van der Waals surface area contributed by atoms with Gasteiger partial charge in [0.05, 0.1) is 16.0 Å². The zero-order valence-electron chi connectivity index (χ0n) is 11.1. The molecular weight excluding hydrogens is 294 g/mol. The molecule has 2 N–H and O–H groups in total. The highest BCUT2D eigenvalue weighted by molar-refractivity contribution is 6.33. The maximum Gasteiger partial charge on any atom is 0.289 e. The molecule has 1 aromatic heterocycles. The van der Waals surface area contributed by atoms with Crippen molar-refractivity contribution in [1.29, 1.82) is 0 Å². The summed E-state index contributed by atoms with van der Waals surface area (Å²) >= 11 is 6.01. The van der Waals surface area contributed by atoms with Crippen molar-refractivity contribution in [2.75, 3.05) is 11.9 Å². The Labute approximate surface area is 126 Å². The van der Waals surface area contributed by atoms with Gasteiger partial charge < -0.3 is 10.4 Å². The number of halogens is 1. The topological polar surface area (TPSA) is 88.3 Å². The number of hydrogen-bond donors (Lipinski definition) is 2. The quantitative estimate of drug-likeness (QED) is 0.632. The fourth-order valence-corrected chi connectivity index (χ4v) is 2.15. The van der Waals surface area contributed by atoms with Crippen molar-refractivity contribution >= 4 is 23.1 Å². The van der Waals surface area contributed by atoms with Crippen LogP contribution < -0.4 is 5.32 Å². The molecule has 0 fully saturated rings. The van der Waals surface area contributed by atoms with Crippen LogP contribution >= 0.6 is 11.6 Å². The number of benzene rings is 1. The summed E-state index contributed by atoms with van der Waals surface area (Å²) in [5, 5.41) is 23.1. The first-order valence-corrected chi connectivity index (χ1v) is 6.72. The monoisotopic (exact) mass is 307 g/mol. The molecule has 0 radical (unpaired) electrons. The minimum absolute atomic E-state index is 0.00282. The lowest BCUT2D eigenvalue weighted by atomic mass is 10.0. The Morgan fingerprint density at radius 2 is 2.10 bits per heavy atom. The summed E-state index contributed by atoms with van der Waals surface area (Å²) in [6, 6.07) is 10.6. The van der Waals surface area contributed by atoms with E-state index < -0.39 is 4.92 Å². The van der Waals surface area contributed by atoms with E-state index in [1.54, 1.807) is 0 Å². The molecule has 0 saturated carbocycles. The maximum atomic E-state index is 10.7. The van der Waals surface area contributed by atoms with Crippen LogP contribution in [0.5, 0.6) is 0 Å². The second-order valence-electron chi connectivity index (χ2n) is 4.40. The molecule has 0 aliphatic heterocycles. The van der Waals surface area contributed by atoms with Crippen molar-refractivity contribution < 1.29 is 10.0 Å². The van der Waals surface area contributed by atoms with Crippen molar-refractivity contribution in [3.05, 3.63) is 63.3 Å². The normalized spacial score (nSPS) is 11.9. The van der Waals surface area contributed by atoms with Gasteiger partial charge in [0.15, 0.2) is 0 Å². The van der Waals surface area contributed by atoms with Crippen LogP contribution in [-0.4, -0.2) is 21.6 Å². The van der Waals surface area contributed by atoms with Crippen LogP contribution in [-0.2, 0) is 0 Å². The van der Waals surface area contributed by atoms with Gasteiger partial charge in [-0.05, 0) is 12.0 Å². The van der Waals surface area contributed by atoms with Gasteiger partial charge in [-0.2, -0.15) is 0 Å². The molecule has 2 rings (SSSR count). The highest BCUT2D eigenvalue weighted by Crippen LogP contribution is 2.28. The number of aliphatic hydroxyl groups is 1. The second-order valence-corrected chi connectivity index (χ2v) is 4.81. The van der Waals surface area contributed by atoms with E-state index in [1.165, 1.54) is 6.07 Å². The summed E-state index contributed by atoms with van der Waals surface area (Å²) in [6.45, 7) is -0.00282. The fraction of sp³-hybridized carbons (Fsp3) is 0.214. The Morgan fingerprint density at radius 1 is 1.38 bits per heavy atom. The molecule has 1 aromatic carbocycles. The van der Waals surface area contributed by atoms with E-state index in [4.69, 9.17) is 11.6 Å². The molecule has 0 aliphatic carbocycles. The molecule has 2 aromatic rings. The highest BCUT2D eigenvalue weighted by Gasteiger charge is 2.15. The third kappa shape index (κ3) is 3.90. The zero-order chi connectivity index (χ0) is 15.2. The molecule has 1 heterocycles. The Morgan fingerprint density at radius 3 is 2.67 bits per heavy atom. The molecular formula is C14H14ClN3O3. The molecule has 110 valence electrons.